The highest BCUT2D eigenvalue weighted by molar-refractivity contribution is 6.05. The van der Waals surface area contributed by atoms with Gasteiger partial charge in [0, 0.05) is 28.1 Å². The van der Waals surface area contributed by atoms with E-state index < -0.39 is 5.41 Å². The van der Waals surface area contributed by atoms with Crippen molar-refractivity contribution in [2.24, 2.45) is 5.41 Å². The minimum atomic E-state index is -0.513. The summed E-state index contributed by atoms with van der Waals surface area (Å²) in [6, 6.07) is 8.87. The van der Waals surface area contributed by atoms with Crippen molar-refractivity contribution in [2.75, 3.05) is 10.6 Å². The average Bonchev–Trinajstić information content (AvgIpc) is 2.98. The summed E-state index contributed by atoms with van der Waals surface area (Å²) >= 11 is 0. The maximum Gasteiger partial charge on any atom is 0.256 e. The SMILES string of the molecule is CC(C)(C)C(=O)Nc1cccc(C(=O)Nc2cc(C(C)(C)C)nn2C(C)(C)C)c1. The predicted octanol–water partition coefficient (Wildman–Crippen LogP) is 5.17. The number of anilines is 2. The number of carbonyl (C=O) groups excluding carboxylic acids is 2. The highest BCUT2D eigenvalue weighted by Gasteiger charge is 2.26. The molecule has 6 nitrogen and oxygen atoms in total. The summed E-state index contributed by atoms with van der Waals surface area (Å²) < 4.78 is 1.84. The van der Waals surface area contributed by atoms with E-state index in [0.717, 1.165) is 5.69 Å². The van der Waals surface area contributed by atoms with Crippen molar-refractivity contribution in [3.05, 3.63) is 41.6 Å². The molecule has 0 radical (unpaired) electrons. The number of aromatic nitrogens is 2. The molecule has 0 atom stereocenters. The summed E-state index contributed by atoms with van der Waals surface area (Å²) in [6.07, 6.45) is 0. The van der Waals surface area contributed by atoms with Crippen LogP contribution in [0.1, 0.15) is 78.4 Å². The minimum absolute atomic E-state index is 0.101. The molecule has 1 aromatic heterocycles. The van der Waals surface area contributed by atoms with Crippen LogP contribution >= 0.6 is 0 Å². The Kier molecular flexibility index (Phi) is 5.98. The molecule has 0 fully saturated rings. The van der Waals surface area contributed by atoms with Crippen LogP contribution in [0.4, 0.5) is 11.5 Å². The van der Waals surface area contributed by atoms with Gasteiger partial charge in [0.1, 0.15) is 5.82 Å². The first-order chi connectivity index (χ1) is 13.1. The van der Waals surface area contributed by atoms with Crippen LogP contribution in [-0.4, -0.2) is 21.6 Å². The number of carbonyl (C=O) groups is 2. The predicted molar refractivity (Wildman–Crippen MR) is 118 cm³/mol. The molecule has 29 heavy (non-hydrogen) atoms. The Morgan fingerprint density at radius 3 is 2.03 bits per heavy atom. The molecule has 0 spiro atoms. The molecule has 2 rings (SSSR count). The van der Waals surface area contributed by atoms with Gasteiger partial charge in [0.05, 0.1) is 11.2 Å². The van der Waals surface area contributed by atoms with Gasteiger partial charge in [0.25, 0.3) is 5.91 Å². The molecule has 2 N–H and O–H groups in total. The maximum absolute atomic E-state index is 12.9. The van der Waals surface area contributed by atoms with E-state index >= 15 is 0 Å². The molecule has 0 unspecified atom stereocenters. The van der Waals surface area contributed by atoms with E-state index in [0.29, 0.717) is 17.1 Å². The molecule has 0 aliphatic heterocycles. The van der Waals surface area contributed by atoms with Gasteiger partial charge in [-0.15, -0.1) is 0 Å². The zero-order valence-electron chi connectivity index (χ0n) is 19.1. The Labute approximate surface area is 174 Å². The lowest BCUT2D eigenvalue weighted by Crippen LogP contribution is -2.28. The summed E-state index contributed by atoms with van der Waals surface area (Å²) in [6.45, 7) is 18.0. The van der Waals surface area contributed by atoms with Crippen LogP contribution in [0.3, 0.4) is 0 Å². The average molecular weight is 399 g/mol. The Balaban J connectivity index is 2.30. The van der Waals surface area contributed by atoms with Crippen LogP contribution in [0.25, 0.3) is 0 Å². The minimum Gasteiger partial charge on any atom is -0.326 e. The van der Waals surface area contributed by atoms with Crippen molar-refractivity contribution in [2.45, 2.75) is 73.3 Å². The highest BCUT2D eigenvalue weighted by Crippen LogP contribution is 2.28. The van der Waals surface area contributed by atoms with Crippen LogP contribution in [0.5, 0.6) is 0 Å². The number of amides is 2. The smallest absolute Gasteiger partial charge is 0.256 e. The van der Waals surface area contributed by atoms with Gasteiger partial charge in [-0.05, 0) is 39.0 Å². The molecule has 1 heterocycles. The Morgan fingerprint density at radius 1 is 0.897 bits per heavy atom. The summed E-state index contributed by atoms with van der Waals surface area (Å²) in [5, 5.41) is 10.6. The first-order valence-electron chi connectivity index (χ1n) is 9.93. The van der Waals surface area contributed by atoms with Crippen LogP contribution in [-0.2, 0) is 15.7 Å². The second-order valence-electron chi connectivity index (χ2n) is 10.5. The summed E-state index contributed by atoms with van der Waals surface area (Å²) in [7, 11) is 0. The number of hydrogen-bond acceptors (Lipinski definition) is 3. The Bertz CT molecular complexity index is 906. The molecule has 1 aromatic carbocycles. The van der Waals surface area contributed by atoms with Gasteiger partial charge in [-0.2, -0.15) is 5.10 Å². The van der Waals surface area contributed by atoms with Crippen molar-refractivity contribution in [3.63, 3.8) is 0 Å². The molecule has 0 saturated carbocycles. The third-order valence-electron chi connectivity index (χ3n) is 4.42. The number of nitrogens with zero attached hydrogens (tertiary/aromatic N) is 2. The molecule has 0 aliphatic rings. The van der Waals surface area contributed by atoms with Crippen molar-refractivity contribution >= 4 is 23.3 Å². The van der Waals surface area contributed by atoms with Gasteiger partial charge in [-0.1, -0.05) is 47.6 Å². The molecule has 2 aromatic rings. The molecule has 0 saturated heterocycles. The van der Waals surface area contributed by atoms with E-state index in [9.17, 15) is 9.59 Å². The second kappa shape index (κ2) is 7.65. The lowest BCUT2D eigenvalue weighted by Gasteiger charge is -2.23. The second-order valence-corrected chi connectivity index (χ2v) is 10.5. The quantitative estimate of drug-likeness (QED) is 0.748. The largest absolute Gasteiger partial charge is 0.326 e. The van der Waals surface area contributed by atoms with E-state index in [1.165, 1.54) is 0 Å². The summed E-state index contributed by atoms with van der Waals surface area (Å²) in [5.74, 6) is 0.301. The van der Waals surface area contributed by atoms with Crippen LogP contribution in [0.15, 0.2) is 30.3 Å². The van der Waals surface area contributed by atoms with E-state index in [4.69, 9.17) is 5.10 Å². The zero-order valence-corrected chi connectivity index (χ0v) is 19.1. The number of rotatable bonds is 3. The topological polar surface area (TPSA) is 76.0 Å². The third kappa shape index (κ3) is 5.68. The Hall–Kier alpha value is -2.63. The van der Waals surface area contributed by atoms with Crippen molar-refractivity contribution < 1.29 is 9.59 Å². The lowest BCUT2D eigenvalue weighted by atomic mass is 9.92. The summed E-state index contributed by atoms with van der Waals surface area (Å²) in [5.41, 5.74) is 1.05. The first-order valence-corrected chi connectivity index (χ1v) is 9.93. The van der Waals surface area contributed by atoms with Gasteiger partial charge in [0.2, 0.25) is 5.91 Å². The molecular weight excluding hydrogens is 364 g/mol. The lowest BCUT2D eigenvalue weighted by molar-refractivity contribution is -0.123. The molecule has 158 valence electrons. The van der Waals surface area contributed by atoms with E-state index in [-0.39, 0.29) is 22.8 Å². The van der Waals surface area contributed by atoms with Gasteiger partial charge < -0.3 is 10.6 Å². The van der Waals surface area contributed by atoms with Gasteiger partial charge in [-0.25, -0.2) is 4.68 Å². The molecule has 0 aliphatic carbocycles. The van der Waals surface area contributed by atoms with E-state index in [2.05, 4.69) is 31.4 Å². The molecular formula is C23H34N4O2. The van der Waals surface area contributed by atoms with Crippen molar-refractivity contribution in [3.8, 4) is 0 Å². The fraction of sp³-hybridized carbons (Fsp3) is 0.522. The van der Waals surface area contributed by atoms with Gasteiger partial charge in [0.15, 0.2) is 0 Å². The maximum atomic E-state index is 12.9. The fourth-order valence-electron chi connectivity index (χ4n) is 2.59. The van der Waals surface area contributed by atoms with Crippen LogP contribution in [0.2, 0.25) is 0 Å². The van der Waals surface area contributed by atoms with Gasteiger partial charge in [-0.3, -0.25) is 9.59 Å². The summed E-state index contributed by atoms with van der Waals surface area (Å²) in [4.78, 5) is 25.2. The molecule has 2 amide bonds. The third-order valence-corrected chi connectivity index (χ3v) is 4.42. The monoisotopic (exact) mass is 398 g/mol. The van der Waals surface area contributed by atoms with E-state index in [1.54, 1.807) is 24.3 Å². The first kappa shape index (κ1) is 22.7. The zero-order chi connectivity index (χ0) is 22.2. The molecule has 6 heteroatoms. The van der Waals surface area contributed by atoms with E-state index in [1.807, 2.05) is 52.3 Å². The van der Waals surface area contributed by atoms with Crippen LogP contribution < -0.4 is 10.6 Å². The standard InChI is InChI=1S/C23H34N4O2/c1-21(2,3)17-14-18(27(26-17)23(7,8)9)25-19(28)15-11-10-12-16(13-15)24-20(29)22(4,5)6/h10-14H,1-9H3,(H,24,29)(H,25,28). The molecule has 0 bridgehead atoms. The normalized spacial score (nSPS) is 12.6. The van der Waals surface area contributed by atoms with Crippen molar-refractivity contribution in [1.29, 1.82) is 0 Å². The highest BCUT2D eigenvalue weighted by atomic mass is 16.2. The fourth-order valence-corrected chi connectivity index (χ4v) is 2.59. The Morgan fingerprint density at radius 2 is 1.52 bits per heavy atom. The van der Waals surface area contributed by atoms with Gasteiger partial charge >= 0.3 is 0 Å². The van der Waals surface area contributed by atoms with Crippen molar-refractivity contribution in [1.82, 2.24) is 9.78 Å². The van der Waals surface area contributed by atoms with Crippen LogP contribution in [0, 0.1) is 5.41 Å². The number of nitrogens with one attached hydrogen (secondary N) is 2. The number of hydrogen-bond donors (Lipinski definition) is 2. The number of benzene rings is 1.